The highest BCUT2D eigenvalue weighted by atomic mass is 79.9. The molecule has 3 rings (SSSR count). The van der Waals surface area contributed by atoms with E-state index in [0.29, 0.717) is 5.75 Å². The number of aryl methyl sites for hydroxylation is 2. The quantitative estimate of drug-likeness (QED) is 0.501. The number of hydrogen-bond donors (Lipinski definition) is 2. The number of hydrogen-bond acceptors (Lipinski definition) is 3. The molecule has 2 aromatic carbocycles. The number of nitrogens with one attached hydrogen (secondary N) is 2. The molecule has 0 bridgehead atoms. The zero-order valence-corrected chi connectivity index (χ0v) is 15.6. The van der Waals surface area contributed by atoms with E-state index in [9.17, 15) is 4.79 Å². The van der Waals surface area contributed by atoms with Gasteiger partial charge in [-0.05, 0) is 59.1 Å². The molecule has 0 aliphatic heterocycles. The van der Waals surface area contributed by atoms with Crippen molar-refractivity contribution in [2.45, 2.75) is 13.8 Å². The van der Waals surface area contributed by atoms with Gasteiger partial charge in [0.25, 0.3) is 5.91 Å². The molecule has 6 heteroatoms. The van der Waals surface area contributed by atoms with Gasteiger partial charge in [-0.1, -0.05) is 18.2 Å². The van der Waals surface area contributed by atoms with Crippen molar-refractivity contribution in [2.75, 3.05) is 6.61 Å². The number of aromatic nitrogens is 1. The second kappa shape index (κ2) is 7.53. The Hall–Kier alpha value is -2.60. The highest BCUT2D eigenvalue weighted by molar-refractivity contribution is 9.10. The van der Waals surface area contributed by atoms with Gasteiger partial charge in [0.2, 0.25) is 0 Å². The van der Waals surface area contributed by atoms with Crippen molar-refractivity contribution in [1.82, 2.24) is 10.4 Å². The first-order valence-corrected chi connectivity index (χ1v) is 8.61. The van der Waals surface area contributed by atoms with Gasteiger partial charge in [-0.15, -0.1) is 0 Å². The van der Waals surface area contributed by atoms with Crippen molar-refractivity contribution in [2.24, 2.45) is 5.10 Å². The van der Waals surface area contributed by atoms with Crippen molar-refractivity contribution in [3.05, 3.63) is 63.8 Å². The zero-order valence-electron chi connectivity index (χ0n) is 14.0. The van der Waals surface area contributed by atoms with Crippen molar-refractivity contribution >= 4 is 39.0 Å². The second-order valence-electron chi connectivity index (χ2n) is 5.76. The van der Waals surface area contributed by atoms with Crippen LogP contribution in [0.4, 0.5) is 0 Å². The number of carbonyl (C=O) groups is 1. The number of amides is 1. The summed E-state index contributed by atoms with van der Waals surface area (Å²) < 4.78 is 6.44. The number of carbonyl (C=O) groups excluding carboxylic acids is 1. The van der Waals surface area contributed by atoms with Crippen LogP contribution in [0.1, 0.15) is 16.7 Å². The van der Waals surface area contributed by atoms with E-state index in [4.69, 9.17) is 4.74 Å². The molecule has 25 heavy (non-hydrogen) atoms. The first-order chi connectivity index (χ1) is 12.0. The van der Waals surface area contributed by atoms with Crippen LogP contribution in [0.5, 0.6) is 5.75 Å². The lowest BCUT2D eigenvalue weighted by Crippen LogP contribution is -2.24. The number of benzene rings is 2. The van der Waals surface area contributed by atoms with E-state index in [1.54, 1.807) is 6.21 Å². The molecule has 0 saturated carbocycles. The molecule has 0 radical (unpaired) electrons. The van der Waals surface area contributed by atoms with E-state index in [-0.39, 0.29) is 12.5 Å². The van der Waals surface area contributed by atoms with E-state index < -0.39 is 0 Å². The summed E-state index contributed by atoms with van der Waals surface area (Å²) in [5, 5.41) is 5.06. The Balaban J connectivity index is 1.59. The van der Waals surface area contributed by atoms with Crippen molar-refractivity contribution in [3.63, 3.8) is 0 Å². The summed E-state index contributed by atoms with van der Waals surface area (Å²) in [6, 6.07) is 11.8. The third-order valence-corrected chi connectivity index (χ3v) is 4.33. The molecule has 1 amide bonds. The number of fused-ring (bicyclic) bond motifs is 1. The molecular weight excluding hydrogens is 382 g/mol. The molecule has 1 aromatic heterocycles. The third kappa shape index (κ3) is 4.09. The van der Waals surface area contributed by atoms with Crippen LogP contribution in [0.3, 0.4) is 0 Å². The maximum Gasteiger partial charge on any atom is 0.277 e. The Bertz CT molecular complexity index is 924. The van der Waals surface area contributed by atoms with Crippen LogP contribution in [-0.2, 0) is 4.79 Å². The van der Waals surface area contributed by atoms with E-state index in [2.05, 4.69) is 31.4 Å². The van der Waals surface area contributed by atoms with Crippen LogP contribution in [0.2, 0.25) is 0 Å². The number of nitrogens with zero attached hydrogens (tertiary/aromatic N) is 1. The van der Waals surface area contributed by atoms with Crippen molar-refractivity contribution in [3.8, 4) is 5.75 Å². The molecule has 5 nitrogen and oxygen atoms in total. The Morgan fingerprint density at radius 3 is 2.96 bits per heavy atom. The standard InChI is InChI=1S/C19H18BrN3O2/c1-12-8-13(2)19(16(20)9-12)25-11-18(24)23-22-10-14-4-3-5-17-15(14)6-7-21-17/h3-10,21H,11H2,1-2H3,(H,23,24)/b22-10+. The minimum atomic E-state index is -0.315. The Morgan fingerprint density at radius 1 is 1.32 bits per heavy atom. The van der Waals surface area contributed by atoms with E-state index in [1.165, 1.54) is 0 Å². The smallest absolute Gasteiger partial charge is 0.277 e. The minimum Gasteiger partial charge on any atom is -0.482 e. The number of ether oxygens (including phenoxy) is 1. The molecule has 0 fully saturated rings. The van der Waals surface area contributed by atoms with Gasteiger partial charge < -0.3 is 9.72 Å². The number of halogens is 1. The van der Waals surface area contributed by atoms with Crippen molar-refractivity contribution < 1.29 is 9.53 Å². The topological polar surface area (TPSA) is 66.5 Å². The fourth-order valence-electron chi connectivity index (χ4n) is 2.65. The summed E-state index contributed by atoms with van der Waals surface area (Å²) in [7, 11) is 0. The molecule has 3 aromatic rings. The predicted molar refractivity (Wildman–Crippen MR) is 103 cm³/mol. The molecule has 0 aliphatic carbocycles. The summed E-state index contributed by atoms with van der Waals surface area (Å²) in [5.74, 6) is 0.353. The fraction of sp³-hybridized carbons (Fsp3) is 0.158. The second-order valence-corrected chi connectivity index (χ2v) is 6.62. The van der Waals surface area contributed by atoms with E-state index in [0.717, 1.165) is 32.1 Å². The third-order valence-electron chi connectivity index (χ3n) is 3.74. The first kappa shape index (κ1) is 17.2. The van der Waals surface area contributed by atoms with Gasteiger partial charge in [0.1, 0.15) is 5.75 Å². The van der Waals surface area contributed by atoms with E-state index in [1.807, 2.05) is 56.4 Å². The lowest BCUT2D eigenvalue weighted by Gasteiger charge is -2.11. The number of H-pyrrole nitrogens is 1. The molecule has 0 atom stereocenters. The van der Waals surface area contributed by atoms with Crippen LogP contribution in [-0.4, -0.2) is 23.7 Å². The van der Waals surface area contributed by atoms with Gasteiger partial charge in [-0.3, -0.25) is 4.79 Å². The van der Waals surface area contributed by atoms with Crippen LogP contribution in [0.25, 0.3) is 10.9 Å². The average Bonchev–Trinajstić information content (AvgIpc) is 3.03. The molecule has 0 unspecified atom stereocenters. The lowest BCUT2D eigenvalue weighted by molar-refractivity contribution is -0.123. The fourth-order valence-corrected chi connectivity index (χ4v) is 3.44. The summed E-state index contributed by atoms with van der Waals surface area (Å²) in [4.78, 5) is 15.1. The molecule has 0 spiro atoms. The van der Waals surface area contributed by atoms with Crippen LogP contribution in [0, 0.1) is 13.8 Å². The van der Waals surface area contributed by atoms with Crippen molar-refractivity contribution in [1.29, 1.82) is 0 Å². The highest BCUT2D eigenvalue weighted by Gasteiger charge is 2.09. The minimum absolute atomic E-state index is 0.103. The monoisotopic (exact) mass is 399 g/mol. The molecule has 2 N–H and O–H groups in total. The van der Waals surface area contributed by atoms with E-state index >= 15 is 0 Å². The predicted octanol–water partition coefficient (Wildman–Crippen LogP) is 4.08. The van der Waals surface area contributed by atoms with Crippen LogP contribution < -0.4 is 10.2 Å². The summed E-state index contributed by atoms with van der Waals surface area (Å²) in [6.07, 6.45) is 3.50. The summed E-state index contributed by atoms with van der Waals surface area (Å²) in [5.41, 5.74) is 6.55. The molecule has 0 aliphatic rings. The molecule has 1 heterocycles. The largest absolute Gasteiger partial charge is 0.482 e. The van der Waals surface area contributed by atoms with Gasteiger partial charge in [0, 0.05) is 22.7 Å². The van der Waals surface area contributed by atoms with Gasteiger partial charge in [0.15, 0.2) is 6.61 Å². The summed E-state index contributed by atoms with van der Waals surface area (Å²) >= 11 is 3.46. The first-order valence-electron chi connectivity index (χ1n) is 7.82. The molecule has 0 saturated heterocycles. The number of aromatic amines is 1. The number of hydrazone groups is 1. The molecular formula is C19H18BrN3O2. The average molecular weight is 400 g/mol. The summed E-state index contributed by atoms with van der Waals surface area (Å²) in [6.45, 7) is 3.85. The molecule has 128 valence electrons. The van der Waals surface area contributed by atoms with Gasteiger partial charge in [-0.25, -0.2) is 5.43 Å². The van der Waals surface area contributed by atoms with Gasteiger partial charge >= 0.3 is 0 Å². The maximum atomic E-state index is 11.9. The normalized spacial score (nSPS) is 11.2. The SMILES string of the molecule is Cc1cc(C)c(OCC(=O)N/N=C/c2cccc3[nH]ccc23)c(Br)c1. The Morgan fingerprint density at radius 2 is 2.16 bits per heavy atom. The Kier molecular flexibility index (Phi) is 5.19. The van der Waals surface area contributed by atoms with Gasteiger partial charge in [-0.2, -0.15) is 5.10 Å². The van der Waals surface area contributed by atoms with Crippen LogP contribution >= 0.6 is 15.9 Å². The number of rotatable bonds is 5. The zero-order chi connectivity index (χ0) is 17.8. The maximum absolute atomic E-state index is 11.9. The van der Waals surface area contributed by atoms with Gasteiger partial charge in [0.05, 0.1) is 10.7 Å². The lowest BCUT2D eigenvalue weighted by atomic mass is 10.1. The highest BCUT2D eigenvalue weighted by Crippen LogP contribution is 2.30. The Labute approximate surface area is 154 Å². The van der Waals surface area contributed by atoms with Crippen LogP contribution in [0.15, 0.2) is 52.2 Å².